The minimum atomic E-state index is 0.312. The molecule has 0 saturated carbocycles. The number of fused-ring (bicyclic) bond motifs is 2. The molecule has 2 N–H and O–H groups in total. The number of hydrogen-bond acceptors (Lipinski definition) is 2. The Labute approximate surface area is 114 Å². The van der Waals surface area contributed by atoms with Gasteiger partial charge >= 0.3 is 0 Å². The SMILES string of the molecule is CN1CC(N)C[C@@H]2c3cccc4c3c(cn4C)C[C@H]21. The molecule has 2 aromatic rings. The molecule has 0 radical (unpaired) electrons. The normalized spacial score (nSPS) is 30.6. The van der Waals surface area contributed by atoms with Crippen LogP contribution in [0.1, 0.15) is 23.5 Å². The van der Waals surface area contributed by atoms with Crippen molar-refractivity contribution in [2.24, 2.45) is 12.8 Å². The fourth-order valence-corrected chi connectivity index (χ4v) is 4.26. The Hall–Kier alpha value is -1.32. The predicted octanol–water partition coefficient (Wildman–Crippen LogP) is 1.85. The van der Waals surface area contributed by atoms with Crippen molar-refractivity contribution in [3.8, 4) is 0 Å². The standard InChI is InChI=1S/C16H21N3/c1-18-8-10-6-15-13(7-11(17)9-19(15)2)12-4-3-5-14(18)16(10)12/h3-5,8,11,13,15H,6-7,9,17H2,1-2H3/t11?,13-,15-/m1/s1. The second-order valence-electron chi connectivity index (χ2n) is 6.32. The van der Waals surface area contributed by atoms with E-state index in [9.17, 15) is 0 Å². The van der Waals surface area contributed by atoms with Crippen LogP contribution in [-0.2, 0) is 13.5 Å². The molecule has 1 saturated heterocycles. The van der Waals surface area contributed by atoms with E-state index in [1.807, 2.05) is 0 Å². The van der Waals surface area contributed by atoms with E-state index < -0.39 is 0 Å². The van der Waals surface area contributed by atoms with Crippen molar-refractivity contribution in [2.75, 3.05) is 13.6 Å². The van der Waals surface area contributed by atoms with Crippen molar-refractivity contribution in [1.82, 2.24) is 9.47 Å². The van der Waals surface area contributed by atoms with Crippen molar-refractivity contribution >= 4 is 10.9 Å². The lowest BCUT2D eigenvalue weighted by atomic mass is 9.74. The third-order valence-corrected chi connectivity index (χ3v) is 5.06. The highest BCUT2D eigenvalue weighted by atomic mass is 15.2. The Morgan fingerprint density at radius 2 is 2.11 bits per heavy atom. The average Bonchev–Trinajstić information content (AvgIpc) is 2.70. The fraction of sp³-hybridized carbons (Fsp3) is 0.500. The van der Waals surface area contributed by atoms with Gasteiger partial charge in [0, 0.05) is 48.7 Å². The zero-order chi connectivity index (χ0) is 13.1. The number of rotatable bonds is 0. The minimum Gasteiger partial charge on any atom is -0.350 e. The summed E-state index contributed by atoms with van der Waals surface area (Å²) in [4.78, 5) is 2.47. The first-order valence-corrected chi connectivity index (χ1v) is 7.18. The fourth-order valence-electron chi connectivity index (χ4n) is 4.26. The molecule has 1 fully saturated rings. The summed E-state index contributed by atoms with van der Waals surface area (Å²) in [6, 6.07) is 7.68. The molecule has 2 aliphatic rings. The highest BCUT2D eigenvalue weighted by molar-refractivity contribution is 5.89. The number of aryl methyl sites for hydroxylation is 1. The zero-order valence-corrected chi connectivity index (χ0v) is 11.6. The molecule has 3 heteroatoms. The highest BCUT2D eigenvalue weighted by Crippen LogP contribution is 2.43. The number of nitrogens with zero attached hydrogens (tertiary/aromatic N) is 2. The first kappa shape index (κ1) is 11.5. The van der Waals surface area contributed by atoms with E-state index >= 15 is 0 Å². The van der Waals surface area contributed by atoms with Crippen LogP contribution in [0, 0.1) is 0 Å². The quantitative estimate of drug-likeness (QED) is 0.779. The van der Waals surface area contributed by atoms with Crippen LogP contribution >= 0.6 is 0 Å². The second-order valence-corrected chi connectivity index (χ2v) is 6.32. The van der Waals surface area contributed by atoms with E-state index in [2.05, 4.69) is 48.0 Å². The van der Waals surface area contributed by atoms with Crippen LogP contribution in [0.3, 0.4) is 0 Å². The van der Waals surface area contributed by atoms with E-state index in [1.54, 1.807) is 0 Å². The molecule has 1 aromatic carbocycles. The van der Waals surface area contributed by atoms with E-state index in [1.165, 1.54) is 28.5 Å². The summed E-state index contributed by atoms with van der Waals surface area (Å²) in [5.74, 6) is 0.604. The first-order chi connectivity index (χ1) is 9.15. The molecule has 0 bridgehead atoms. The third kappa shape index (κ3) is 1.52. The molecule has 1 aliphatic carbocycles. The summed E-state index contributed by atoms with van der Waals surface area (Å²) in [6.07, 6.45) is 4.61. The maximum Gasteiger partial charge on any atom is 0.0483 e. The van der Waals surface area contributed by atoms with Crippen LogP contribution in [0.15, 0.2) is 24.4 Å². The van der Waals surface area contributed by atoms with E-state index in [0.29, 0.717) is 18.0 Å². The highest BCUT2D eigenvalue weighted by Gasteiger charge is 2.38. The van der Waals surface area contributed by atoms with Gasteiger partial charge in [0.25, 0.3) is 0 Å². The molecule has 3 nitrogen and oxygen atoms in total. The van der Waals surface area contributed by atoms with Crippen molar-refractivity contribution in [3.05, 3.63) is 35.5 Å². The number of benzene rings is 1. The van der Waals surface area contributed by atoms with Gasteiger partial charge in [0.05, 0.1) is 0 Å². The lowest BCUT2D eigenvalue weighted by molar-refractivity contribution is 0.141. The van der Waals surface area contributed by atoms with Crippen LogP contribution in [-0.4, -0.2) is 35.1 Å². The molecule has 19 heavy (non-hydrogen) atoms. The van der Waals surface area contributed by atoms with E-state index in [0.717, 1.165) is 13.0 Å². The molecule has 1 aromatic heterocycles. The van der Waals surface area contributed by atoms with Gasteiger partial charge in [-0.15, -0.1) is 0 Å². The summed E-state index contributed by atoms with van der Waals surface area (Å²) in [5, 5.41) is 1.49. The molecule has 1 unspecified atom stereocenters. The molecule has 2 heterocycles. The van der Waals surface area contributed by atoms with Crippen LogP contribution in [0.5, 0.6) is 0 Å². The Balaban J connectivity index is 1.94. The van der Waals surface area contributed by atoms with Crippen LogP contribution in [0.25, 0.3) is 10.9 Å². The average molecular weight is 255 g/mol. The van der Waals surface area contributed by atoms with Gasteiger partial charge in [0.2, 0.25) is 0 Å². The van der Waals surface area contributed by atoms with Gasteiger partial charge in [0.15, 0.2) is 0 Å². The van der Waals surface area contributed by atoms with E-state index in [4.69, 9.17) is 5.73 Å². The smallest absolute Gasteiger partial charge is 0.0483 e. The van der Waals surface area contributed by atoms with Gasteiger partial charge in [-0.2, -0.15) is 0 Å². The summed E-state index contributed by atoms with van der Waals surface area (Å²) in [5.41, 5.74) is 10.6. The lowest BCUT2D eigenvalue weighted by Gasteiger charge is -2.44. The van der Waals surface area contributed by atoms with Crippen LogP contribution in [0.4, 0.5) is 0 Å². The van der Waals surface area contributed by atoms with E-state index in [-0.39, 0.29) is 0 Å². The number of nitrogens with two attached hydrogens (primary N) is 1. The maximum absolute atomic E-state index is 6.24. The van der Waals surface area contributed by atoms with Gasteiger partial charge in [-0.05, 0) is 37.1 Å². The summed E-state index contributed by atoms with van der Waals surface area (Å²) in [6.45, 7) is 1.03. The number of piperidine rings is 1. The summed E-state index contributed by atoms with van der Waals surface area (Å²) in [7, 11) is 4.38. The van der Waals surface area contributed by atoms with Gasteiger partial charge in [0.1, 0.15) is 0 Å². The summed E-state index contributed by atoms with van der Waals surface area (Å²) >= 11 is 0. The molecule has 3 atom stereocenters. The molecule has 0 spiro atoms. The zero-order valence-electron chi connectivity index (χ0n) is 11.6. The van der Waals surface area contributed by atoms with Gasteiger partial charge < -0.3 is 15.2 Å². The Bertz CT molecular complexity index is 643. The van der Waals surface area contributed by atoms with Crippen molar-refractivity contribution < 1.29 is 0 Å². The molecule has 1 aliphatic heterocycles. The Morgan fingerprint density at radius 1 is 1.26 bits per heavy atom. The maximum atomic E-state index is 6.24. The Morgan fingerprint density at radius 3 is 2.95 bits per heavy atom. The van der Waals surface area contributed by atoms with Crippen LogP contribution in [0.2, 0.25) is 0 Å². The number of likely N-dealkylation sites (N-methyl/N-ethyl adjacent to an activating group) is 1. The molecule has 100 valence electrons. The van der Waals surface area contributed by atoms with Gasteiger partial charge in [-0.3, -0.25) is 0 Å². The number of hydrogen-bond donors (Lipinski definition) is 1. The predicted molar refractivity (Wildman–Crippen MR) is 78.4 cm³/mol. The third-order valence-electron chi connectivity index (χ3n) is 5.06. The summed E-state index contributed by atoms with van der Waals surface area (Å²) < 4.78 is 2.27. The molecule has 4 rings (SSSR count). The van der Waals surface area contributed by atoms with Crippen molar-refractivity contribution in [3.63, 3.8) is 0 Å². The Kier molecular flexibility index (Phi) is 2.32. The number of aromatic nitrogens is 1. The van der Waals surface area contributed by atoms with Crippen molar-refractivity contribution in [1.29, 1.82) is 0 Å². The second kappa shape index (κ2) is 3.84. The van der Waals surface area contributed by atoms with Crippen molar-refractivity contribution in [2.45, 2.75) is 30.8 Å². The van der Waals surface area contributed by atoms with Crippen LogP contribution < -0.4 is 5.73 Å². The molecule has 0 amide bonds. The topological polar surface area (TPSA) is 34.2 Å². The number of likely N-dealkylation sites (tertiary alicyclic amines) is 1. The molecular weight excluding hydrogens is 234 g/mol. The monoisotopic (exact) mass is 255 g/mol. The first-order valence-electron chi connectivity index (χ1n) is 7.18. The van der Waals surface area contributed by atoms with Gasteiger partial charge in [-0.25, -0.2) is 0 Å². The largest absolute Gasteiger partial charge is 0.350 e. The van der Waals surface area contributed by atoms with Gasteiger partial charge in [-0.1, -0.05) is 12.1 Å². The minimum absolute atomic E-state index is 0.312. The molecular formula is C16H21N3. The lowest BCUT2D eigenvalue weighted by Crippen LogP contribution is -2.52.